The molecule has 6 aromatic carbocycles. The van der Waals surface area contributed by atoms with Gasteiger partial charge in [-0.1, -0.05) is 80.4 Å². The Hall–Kier alpha value is -6.37. The molecule has 1 aliphatic carbocycles. The molecule has 0 fully saturated rings. The van der Waals surface area contributed by atoms with Crippen molar-refractivity contribution in [2.75, 3.05) is 91.9 Å². The lowest BCUT2D eigenvalue weighted by atomic mass is 9.94. The van der Waals surface area contributed by atoms with Crippen LogP contribution in [0.5, 0.6) is 57.5 Å². The second-order valence-corrected chi connectivity index (χ2v) is 20.8. The maximum absolute atomic E-state index is 11.4. The van der Waals surface area contributed by atoms with E-state index in [2.05, 4.69) is 66.0 Å². The Morgan fingerprint density at radius 1 is 0.537 bits per heavy atom. The van der Waals surface area contributed by atoms with E-state index in [1.807, 2.05) is 104 Å². The van der Waals surface area contributed by atoms with Crippen molar-refractivity contribution in [3.05, 3.63) is 182 Å². The highest BCUT2D eigenvalue weighted by Crippen LogP contribution is 2.43. The number of halogens is 3. The molecular weight excluding hydrogens is 1270 g/mol. The van der Waals surface area contributed by atoms with Gasteiger partial charge in [-0.15, -0.1) is 0 Å². The minimum Gasteiger partial charge on any atom is -0.500 e. The van der Waals surface area contributed by atoms with Gasteiger partial charge in [0.05, 0.1) is 101 Å². The van der Waals surface area contributed by atoms with E-state index in [1.54, 1.807) is 116 Å². The number of benzene rings is 6. The predicted molar refractivity (Wildman–Crippen MR) is 337 cm³/mol. The van der Waals surface area contributed by atoms with Gasteiger partial charge in [0.25, 0.3) is 0 Å². The molecular formula is C63H74Br3O15P. The Balaban J connectivity index is 0.000000251. The van der Waals surface area contributed by atoms with Crippen molar-refractivity contribution in [3.8, 4) is 57.5 Å². The van der Waals surface area contributed by atoms with Crippen LogP contribution in [0.15, 0.2) is 143 Å². The summed E-state index contributed by atoms with van der Waals surface area (Å²) in [5.74, 6) is 8.80. The molecule has 19 heteroatoms. The number of rotatable bonds is 23. The molecule has 442 valence electrons. The molecule has 0 saturated carbocycles. The summed E-state index contributed by atoms with van der Waals surface area (Å²) in [7, 11) is 18.0. The van der Waals surface area contributed by atoms with Crippen LogP contribution in [0, 0.1) is 5.92 Å². The molecule has 82 heavy (non-hydrogen) atoms. The molecule has 0 amide bonds. The number of methoxy groups -OCH3 is 12. The van der Waals surface area contributed by atoms with E-state index in [-0.39, 0.29) is 10.7 Å². The average Bonchev–Trinajstić information content (AvgIpc) is 3.61. The van der Waals surface area contributed by atoms with Gasteiger partial charge in [0.2, 0.25) is 0 Å². The van der Waals surface area contributed by atoms with E-state index >= 15 is 0 Å². The van der Waals surface area contributed by atoms with Crippen LogP contribution in [-0.2, 0) is 25.5 Å². The van der Waals surface area contributed by atoms with Crippen LogP contribution in [0.4, 0.5) is 0 Å². The van der Waals surface area contributed by atoms with Crippen LogP contribution >= 0.6 is 56.2 Å². The van der Waals surface area contributed by atoms with Gasteiger partial charge in [-0.3, -0.25) is 0 Å². The van der Waals surface area contributed by atoms with E-state index in [9.17, 15) is 10.00 Å². The van der Waals surface area contributed by atoms with Gasteiger partial charge >= 0.3 is 0 Å². The quantitative estimate of drug-likeness (QED) is 0.0354. The first-order chi connectivity index (χ1) is 39.6. The van der Waals surface area contributed by atoms with Gasteiger partial charge in [0, 0.05) is 53.3 Å². The molecule has 0 spiro atoms. The van der Waals surface area contributed by atoms with Gasteiger partial charge in [-0.05, 0) is 123 Å². The lowest BCUT2D eigenvalue weighted by Crippen LogP contribution is -2.18. The van der Waals surface area contributed by atoms with Gasteiger partial charge in [-0.25, -0.2) is 0 Å². The van der Waals surface area contributed by atoms with Crippen LogP contribution in [-0.4, -0.2) is 107 Å². The summed E-state index contributed by atoms with van der Waals surface area (Å²) in [4.78, 5) is 9.80. The molecule has 4 atom stereocenters. The third kappa shape index (κ3) is 20.8. The first-order valence-corrected chi connectivity index (χ1v) is 29.6. The molecule has 6 aromatic rings. The third-order valence-electron chi connectivity index (χ3n) is 12.2. The van der Waals surface area contributed by atoms with Crippen molar-refractivity contribution in [3.63, 3.8) is 0 Å². The fraction of sp³-hybridized carbons (Fsp3) is 0.302. The van der Waals surface area contributed by atoms with E-state index in [0.29, 0.717) is 58.4 Å². The van der Waals surface area contributed by atoms with Gasteiger partial charge in [0.1, 0.15) is 75.1 Å². The summed E-state index contributed by atoms with van der Waals surface area (Å²) >= 11 is 10.5. The standard InChI is InChI=1S/C26H28O6.C17H19BrO3.C11H16BrO4P.C9H11BrO2/c1-28-20-10-7-17(8-11-20)6-9-18-12-23(31-4)16-24(32-5)25(18)26(27)19-13-21(29-2)15-22(14-19)30-3;1-19-14-8-5-12(6-9-14)4-7-13-10-15(20-2)11-16(21-3)17(13)18;1-4-16-17(13)7-8-5-9(14-2)6-10(15-3)11(8)12;1-11-8-3-7(6-10)4-9(5-8)12-2/h6-16,26-27H,1-5H3;4-11,13,17H,1-3H3;5-6,13H,4,7H2,1-3H3;3-5H,6H2,1-2H3/b9-6+;7-4+;;. The average molecular weight is 1340 g/mol. The van der Waals surface area contributed by atoms with Gasteiger partial charge < -0.3 is 71.4 Å². The molecule has 0 heterocycles. The Labute approximate surface area is 509 Å². The molecule has 15 nitrogen and oxygen atoms in total. The van der Waals surface area contributed by atoms with Crippen molar-refractivity contribution < 1.29 is 71.4 Å². The fourth-order valence-electron chi connectivity index (χ4n) is 7.81. The Morgan fingerprint density at radius 2 is 1.01 bits per heavy atom. The van der Waals surface area contributed by atoms with Crippen LogP contribution < -0.4 is 47.4 Å². The lowest BCUT2D eigenvalue weighted by molar-refractivity contribution is 0.213. The summed E-state index contributed by atoms with van der Waals surface area (Å²) in [6, 6.07) is 34.0. The molecule has 0 aromatic heterocycles. The number of aliphatic hydroxyl groups excluding tert-OH is 1. The topological polar surface area (TPSA) is 160 Å². The smallest absolute Gasteiger partial charge is 0.172 e. The summed E-state index contributed by atoms with van der Waals surface area (Å²) < 4.78 is 69.5. The highest BCUT2D eigenvalue weighted by molar-refractivity contribution is 9.10. The lowest BCUT2D eigenvalue weighted by Gasteiger charge is -2.23. The third-order valence-corrected chi connectivity index (χ3v) is 16.0. The van der Waals surface area contributed by atoms with Crippen molar-refractivity contribution in [1.82, 2.24) is 0 Å². The first-order valence-electron chi connectivity index (χ1n) is 25.4. The van der Waals surface area contributed by atoms with Gasteiger partial charge in [0.15, 0.2) is 8.38 Å². The van der Waals surface area contributed by atoms with Crippen LogP contribution in [0.2, 0.25) is 0 Å². The number of hydrogen-bond donors (Lipinski definition) is 2. The molecule has 0 radical (unpaired) electrons. The number of ether oxygens (including phenoxy) is 12. The Morgan fingerprint density at radius 3 is 1.48 bits per heavy atom. The molecule has 0 aliphatic heterocycles. The van der Waals surface area contributed by atoms with Crippen LogP contribution in [0.25, 0.3) is 18.2 Å². The van der Waals surface area contributed by atoms with E-state index in [1.165, 1.54) is 0 Å². The van der Waals surface area contributed by atoms with Gasteiger partial charge in [-0.2, -0.15) is 0 Å². The van der Waals surface area contributed by atoms with Crippen LogP contribution in [0.3, 0.4) is 0 Å². The highest BCUT2D eigenvalue weighted by atomic mass is 79.9. The Bertz CT molecular complexity index is 2950. The number of allylic oxidation sites excluding steroid dienone is 4. The van der Waals surface area contributed by atoms with Crippen molar-refractivity contribution in [2.45, 2.75) is 29.3 Å². The zero-order valence-electron chi connectivity index (χ0n) is 48.5. The predicted octanol–water partition coefficient (Wildman–Crippen LogP) is 15.0. The normalized spacial score (nSPS) is 14.1. The SMILES string of the molecule is CCOP(O)Cc1cc(OC)cc(OC)c1Br.COC1=CC(/C=C/c2ccc(OC)cc2)C(Br)C(OC)=C1.COc1cc(CBr)cc(OC)c1.COc1ccc(/C=C/c2cc(OC)cc(OC)c2C(O)c2cc(OC)cc(OC)c2)cc1. The minimum atomic E-state index is -1.45. The zero-order valence-corrected chi connectivity index (χ0v) is 54.1. The minimum absolute atomic E-state index is 0.107. The number of aliphatic hydroxyl groups is 1. The molecule has 7 rings (SSSR count). The first kappa shape index (κ1) is 68.1. The van der Waals surface area contributed by atoms with Crippen molar-refractivity contribution in [1.29, 1.82) is 0 Å². The Kier molecular flexibility index (Phi) is 30.1. The number of hydrogen-bond acceptors (Lipinski definition) is 15. The second-order valence-electron chi connectivity index (χ2n) is 17.2. The van der Waals surface area contributed by atoms with E-state index < -0.39 is 14.5 Å². The van der Waals surface area contributed by atoms with Crippen molar-refractivity contribution >= 4 is 74.4 Å². The molecule has 0 bridgehead atoms. The largest absolute Gasteiger partial charge is 0.500 e. The monoisotopic (exact) mass is 1340 g/mol. The molecule has 4 unspecified atom stereocenters. The fourth-order valence-corrected chi connectivity index (χ4v) is 10.5. The second kappa shape index (κ2) is 36.3. The van der Waals surface area contributed by atoms with Crippen LogP contribution in [0.1, 0.15) is 52.0 Å². The van der Waals surface area contributed by atoms with E-state index in [4.69, 9.17) is 61.4 Å². The summed E-state index contributed by atoms with van der Waals surface area (Å²) in [5, 5.41) is 12.2. The molecule has 1 aliphatic rings. The maximum atomic E-state index is 11.4. The van der Waals surface area contributed by atoms with E-state index in [0.717, 1.165) is 72.1 Å². The zero-order chi connectivity index (χ0) is 60.1. The summed E-state index contributed by atoms with van der Waals surface area (Å²) in [5.41, 5.74) is 6.13. The summed E-state index contributed by atoms with van der Waals surface area (Å²) in [6.07, 6.45) is 11.5. The maximum Gasteiger partial charge on any atom is 0.172 e. The molecule has 2 N–H and O–H groups in total. The summed E-state index contributed by atoms with van der Waals surface area (Å²) in [6.45, 7) is 2.35. The van der Waals surface area contributed by atoms with Crippen molar-refractivity contribution in [2.24, 2.45) is 5.92 Å². The number of alkyl halides is 2. The molecule has 0 saturated heterocycles. The highest BCUT2D eigenvalue weighted by Gasteiger charge is 2.25.